The van der Waals surface area contributed by atoms with Gasteiger partial charge in [0.15, 0.2) is 0 Å². The van der Waals surface area contributed by atoms with Crippen LogP contribution < -0.4 is 4.90 Å². The monoisotopic (exact) mass is 438 g/mol. The number of amides is 3. The lowest BCUT2D eigenvalue weighted by Crippen LogP contribution is -2.44. The Morgan fingerprint density at radius 2 is 2.00 bits per heavy atom. The number of carbonyl (C=O) groups is 3. The zero-order valence-electron chi connectivity index (χ0n) is 12.9. The molecule has 24 heavy (non-hydrogen) atoms. The van der Waals surface area contributed by atoms with Gasteiger partial charge in [-0.1, -0.05) is 0 Å². The second-order valence-electron chi connectivity index (χ2n) is 5.49. The molecule has 3 rings (SSSR count). The van der Waals surface area contributed by atoms with Crippen LogP contribution in [-0.2, 0) is 20.9 Å². The van der Waals surface area contributed by atoms with Gasteiger partial charge in [0.2, 0.25) is 11.8 Å². The third-order valence-electron chi connectivity index (χ3n) is 3.89. The SMILES string of the molecule is CC(=O)N(Cc1ccco1)C1CC(=O)N(c2ccc(I)cc2)C1=O. The highest BCUT2D eigenvalue weighted by Crippen LogP contribution is 2.27. The van der Waals surface area contributed by atoms with Crippen LogP contribution in [0.1, 0.15) is 19.1 Å². The molecule has 6 nitrogen and oxygen atoms in total. The Kier molecular flexibility index (Phi) is 4.70. The third kappa shape index (κ3) is 3.21. The summed E-state index contributed by atoms with van der Waals surface area (Å²) in [7, 11) is 0. The molecule has 1 aromatic heterocycles. The van der Waals surface area contributed by atoms with E-state index in [1.54, 1.807) is 24.3 Å². The van der Waals surface area contributed by atoms with E-state index in [-0.39, 0.29) is 30.7 Å². The molecule has 1 aliphatic heterocycles. The van der Waals surface area contributed by atoms with Crippen molar-refractivity contribution in [3.63, 3.8) is 0 Å². The third-order valence-corrected chi connectivity index (χ3v) is 4.61. The molecular weight excluding hydrogens is 423 g/mol. The molecule has 2 aromatic rings. The lowest BCUT2D eigenvalue weighted by Gasteiger charge is -2.25. The van der Waals surface area contributed by atoms with Crippen LogP contribution >= 0.6 is 22.6 Å². The van der Waals surface area contributed by atoms with E-state index in [0.29, 0.717) is 11.4 Å². The molecule has 1 fully saturated rings. The lowest BCUT2D eigenvalue weighted by atomic mass is 10.2. The first-order chi connectivity index (χ1) is 11.5. The summed E-state index contributed by atoms with van der Waals surface area (Å²) in [6.45, 7) is 1.54. The van der Waals surface area contributed by atoms with Crippen LogP contribution in [0.25, 0.3) is 0 Å². The second kappa shape index (κ2) is 6.76. The minimum absolute atomic E-state index is 0.0227. The number of anilines is 1. The van der Waals surface area contributed by atoms with Crippen molar-refractivity contribution in [2.45, 2.75) is 25.9 Å². The first-order valence-corrected chi connectivity index (χ1v) is 8.47. The molecule has 1 atom stereocenters. The molecule has 0 bridgehead atoms. The number of furan rings is 1. The van der Waals surface area contributed by atoms with Crippen LogP contribution in [0.5, 0.6) is 0 Å². The van der Waals surface area contributed by atoms with Crippen molar-refractivity contribution in [2.24, 2.45) is 0 Å². The Labute approximate surface area is 152 Å². The molecule has 3 amide bonds. The van der Waals surface area contributed by atoms with Crippen LogP contribution in [0.3, 0.4) is 0 Å². The number of rotatable bonds is 4. The molecule has 1 unspecified atom stereocenters. The number of carbonyl (C=O) groups excluding carboxylic acids is 3. The van der Waals surface area contributed by atoms with Gasteiger partial charge in [-0.25, -0.2) is 4.90 Å². The summed E-state index contributed by atoms with van der Waals surface area (Å²) in [5.41, 5.74) is 0.523. The smallest absolute Gasteiger partial charge is 0.257 e. The number of imide groups is 1. The van der Waals surface area contributed by atoms with Gasteiger partial charge >= 0.3 is 0 Å². The fourth-order valence-corrected chi connectivity index (χ4v) is 3.09. The van der Waals surface area contributed by atoms with Crippen molar-refractivity contribution in [1.29, 1.82) is 0 Å². The molecule has 0 aliphatic carbocycles. The van der Waals surface area contributed by atoms with Gasteiger partial charge < -0.3 is 9.32 Å². The van der Waals surface area contributed by atoms with Crippen molar-refractivity contribution in [3.8, 4) is 0 Å². The van der Waals surface area contributed by atoms with Crippen LogP contribution in [0.2, 0.25) is 0 Å². The summed E-state index contributed by atoms with van der Waals surface area (Å²) >= 11 is 2.15. The summed E-state index contributed by atoms with van der Waals surface area (Å²) in [5.74, 6) is -0.403. The molecule has 1 saturated heterocycles. The molecule has 0 saturated carbocycles. The zero-order valence-corrected chi connectivity index (χ0v) is 15.1. The van der Waals surface area contributed by atoms with Crippen LogP contribution in [0.4, 0.5) is 5.69 Å². The summed E-state index contributed by atoms with van der Waals surface area (Å²) in [6.07, 6.45) is 1.48. The summed E-state index contributed by atoms with van der Waals surface area (Å²) in [5, 5.41) is 0. The van der Waals surface area contributed by atoms with E-state index in [1.165, 1.54) is 18.1 Å². The van der Waals surface area contributed by atoms with E-state index in [4.69, 9.17) is 4.42 Å². The van der Waals surface area contributed by atoms with E-state index in [9.17, 15) is 14.4 Å². The van der Waals surface area contributed by atoms with Gasteiger partial charge in [-0.2, -0.15) is 0 Å². The quantitative estimate of drug-likeness (QED) is 0.544. The maximum absolute atomic E-state index is 12.8. The van der Waals surface area contributed by atoms with E-state index in [1.807, 2.05) is 12.1 Å². The summed E-state index contributed by atoms with van der Waals surface area (Å²) < 4.78 is 6.27. The van der Waals surface area contributed by atoms with E-state index in [2.05, 4.69) is 22.6 Å². The van der Waals surface area contributed by atoms with Gasteiger partial charge in [0.25, 0.3) is 5.91 Å². The molecule has 0 spiro atoms. The maximum atomic E-state index is 12.8. The van der Waals surface area contributed by atoms with E-state index >= 15 is 0 Å². The summed E-state index contributed by atoms with van der Waals surface area (Å²) in [6, 6.07) is 9.75. The average molecular weight is 438 g/mol. The zero-order chi connectivity index (χ0) is 17.3. The topological polar surface area (TPSA) is 70.8 Å². The lowest BCUT2D eigenvalue weighted by molar-refractivity contribution is -0.137. The minimum atomic E-state index is -0.806. The highest BCUT2D eigenvalue weighted by molar-refractivity contribution is 14.1. The first-order valence-electron chi connectivity index (χ1n) is 7.39. The van der Waals surface area contributed by atoms with Crippen molar-refractivity contribution >= 4 is 46.0 Å². The van der Waals surface area contributed by atoms with Gasteiger partial charge in [0.1, 0.15) is 11.8 Å². The number of hydrogen-bond acceptors (Lipinski definition) is 4. The first kappa shape index (κ1) is 16.7. The highest BCUT2D eigenvalue weighted by atomic mass is 127. The van der Waals surface area contributed by atoms with Crippen molar-refractivity contribution in [3.05, 3.63) is 52.0 Å². The Balaban J connectivity index is 1.86. The summed E-state index contributed by atoms with van der Waals surface area (Å²) in [4.78, 5) is 39.6. The Hall–Kier alpha value is -2.16. The standard InChI is InChI=1S/C17H15IN2O4/c1-11(21)19(10-14-3-2-8-24-14)15-9-16(22)20(17(15)23)13-6-4-12(18)5-7-13/h2-8,15H,9-10H2,1H3. The minimum Gasteiger partial charge on any atom is -0.467 e. The number of benzene rings is 1. The molecule has 0 radical (unpaired) electrons. The Morgan fingerprint density at radius 3 is 2.58 bits per heavy atom. The van der Waals surface area contributed by atoms with Gasteiger partial charge in [-0.15, -0.1) is 0 Å². The molecule has 1 aromatic carbocycles. The molecule has 0 N–H and O–H groups in total. The number of nitrogens with zero attached hydrogens (tertiary/aromatic N) is 2. The molecule has 2 heterocycles. The number of hydrogen-bond donors (Lipinski definition) is 0. The van der Waals surface area contributed by atoms with E-state index in [0.717, 1.165) is 8.47 Å². The van der Waals surface area contributed by atoms with Crippen LogP contribution in [0, 0.1) is 3.57 Å². The fraction of sp³-hybridized carbons (Fsp3) is 0.235. The van der Waals surface area contributed by atoms with Crippen LogP contribution in [-0.4, -0.2) is 28.7 Å². The van der Waals surface area contributed by atoms with Crippen molar-refractivity contribution in [1.82, 2.24) is 4.90 Å². The molecule has 1 aliphatic rings. The maximum Gasteiger partial charge on any atom is 0.257 e. The average Bonchev–Trinajstić information content (AvgIpc) is 3.14. The Morgan fingerprint density at radius 1 is 1.29 bits per heavy atom. The highest BCUT2D eigenvalue weighted by Gasteiger charge is 2.43. The predicted molar refractivity (Wildman–Crippen MR) is 95.0 cm³/mol. The van der Waals surface area contributed by atoms with Crippen molar-refractivity contribution < 1.29 is 18.8 Å². The van der Waals surface area contributed by atoms with Gasteiger partial charge in [-0.05, 0) is 59.0 Å². The van der Waals surface area contributed by atoms with Gasteiger partial charge in [0.05, 0.1) is 24.9 Å². The normalized spacial score (nSPS) is 17.4. The second-order valence-corrected chi connectivity index (χ2v) is 6.74. The predicted octanol–water partition coefficient (Wildman–Crippen LogP) is 2.56. The largest absolute Gasteiger partial charge is 0.467 e. The molecule has 7 heteroatoms. The fourth-order valence-electron chi connectivity index (χ4n) is 2.73. The van der Waals surface area contributed by atoms with E-state index < -0.39 is 6.04 Å². The van der Waals surface area contributed by atoms with Gasteiger partial charge in [-0.3, -0.25) is 14.4 Å². The van der Waals surface area contributed by atoms with Crippen LogP contribution in [0.15, 0.2) is 47.1 Å². The number of halogens is 1. The molecular formula is C17H15IN2O4. The van der Waals surface area contributed by atoms with Crippen molar-refractivity contribution in [2.75, 3.05) is 4.90 Å². The Bertz CT molecular complexity index is 770. The van der Waals surface area contributed by atoms with Gasteiger partial charge in [0, 0.05) is 10.5 Å². The molecule has 124 valence electrons.